The molecule has 2 atom stereocenters. The molecule has 3 rings (SSSR count). The molecule has 6 nitrogen and oxygen atoms in total. The monoisotopic (exact) mass is 285 g/mol. The number of hydrogen-bond donors (Lipinski definition) is 3. The lowest BCUT2D eigenvalue weighted by Crippen LogP contribution is -2.32. The number of nitrogens with zero attached hydrogens (tertiary/aromatic N) is 2. The van der Waals surface area contributed by atoms with Gasteiger partial charge in [0.05, 0.1) is 17.6 Å². The Labute approximate surface area is 122 Å². The predicted octanol–water partition coefficient (Wildman–Crippen LogP) is 1.79. The lowest BCUT2D eigenvalue weighted by Gasteiger charge is -2.20. The van der Waals surface area contributed by atoms with Crippen LogP contribution in [-0.2, 0) is 6.54 Å². The van der Waals surface area contributed by atoms with Crippen LogP contribution >= 0.6 is 0 Å². The van der Waals surface area contributed by atoms with Gasteiger partial charge in [-0.2, -0.15) is 5.10 Å². The fourth-order valence-electron chi connectivity index (χ4n) is 2.58. The molecule has 3 aromatic rings. The molecule has 3 N–H and O–H groups in total. The highest BCUT2D eigenvalue weighted by Crippen LogP contribution is 2.17. The molecular formula is C15H19N5O. The molecule has 21 heavy (non-hydrogen) atoms. The van der Waals surface area contributed by atoms with Gasteiger partial charge in [-0.05, 0) is 37.6 Å². The first kappa shape index (κ1) is 13.6. The molecule has 0 saturated heterocycles. The average Bonchev–Trinajstić information content (AvgIpc) is 3.05. The summed E-state index contributed by atoms with van der Waals surface area (Å²) in [7, 11) is 0. The van der Waals surface area contributed by atoms with Gasteiger partial charge in [0.1, 0.15) is 0 Å². The molecule has 0 aliphatic rings. The Morgan fingerprint density at radius 3 is 2.86 bits per heavy atom. The Morgan fingerprint density at radius 1 is 1.29 bits per heavy atom. The maximum absolute atomic E-state index is 11.3. The zero-order chi connectivity index (χ0) is 14.8. The van der Waals surface area contributed by atoms with Gasteiger partial charge in [-0.25, -0.2) is 4.79 Å². The number of benzene rings is 1. The summed E-state index contributed by atoms with van der Waals surface area (Å²) in [6, 6.07) is 8.38. The summed E-state index contributed by atoms with van der Waals surface area (Å²) in [6.45, 7) is 5.07. The summed E-state index contributed by atoms with van der Waals surface area (Å²) in [5.41, 5.74) is 2.64. The molecule has 2 aromatic heterocycles. The smallest absolute Gasteiger partial charge is 0.306 e. The molecule has 0 fully saturated rings. The van der Waals surface area contributed by atoms with Crippen molar-refractivity contribution in [2.24, 2.45) is 0 Å². The van der Waals surface area contributed by atoms with Crippen molar-refractivity contribution >= 4 is 11.0 Å². The molecule has 110 valence electrons. The SMILES string of the molecule is CC(Cn1cccn1)NC(C)c1ccc2[nH]c(=O)[nH]c2c1. The van der Waals surface area contributed by atoms with E-state index in [4.69, 9.17) is 0 Å². The van der Waals surface area contributed by atoms with Crippen LogP contribution in [0.25, 0.3) is 11.0 Å². The highest BCUT2D eigenvalue weighted by molar-refractivity contribution is 5.75. The van der Waals surface area contributed by atoms with Crippen LogP contribution in [0.3, 0.4) is 0 Å². The molecule has 1 aromatic carbocycles. The molecule has 0 saturated carbocycles. The number of H-pyrrole nitrogens is 2. The van der Waals surface area contributed by atoms with Crippen molar-refractivity contribution in [3.05, 3.63) is 52.7 Å². The summed E-state index contributed by atoms with van der Waals surface area (Å²) in [5.74, 6) is 0. The van der Waals surface area contributed by atoms with E-state index in [9.17, 15) is 4.79 Å². The molecule has 0 aliphatic carbocycles. The number of hydrogen-bond acceptors (Lipinski definition) is 3. The highest BCUT2D eigenvalue weighted by Gasteiger charge is 2.11. The predicted molar refractivity (Wildman–Crippen MR) is 82.2 cm³/mol. The maximum Gasteiger partial charge on any atom is 0.323 e. The third-order valence-electron chi connectivity index (χ3n) is 3.59. The number of aromatic amines is 2. The summed E-state index contributed by atoms with van der Waals surface area (Å²) in [6.07, 6.45) is 3.74. The van der Waals surface area contributed by atoms with Crippen LogP contribution in [0, 0.1) is 0 Å². The van der Waals surface area contributed by atoms with E-state index in [2.05, 4.69) is 34.2 Å². The van der Waals surface area contributed by atoms with Crippen molar-refractivity contribution in [3.8, 4) is 0 Å². The van der Waals surface area contributed by atoms with Crippen LogP contribution in [0.4, 0.5) is 0 Å². The average molecular weight is 285 g/mol. The van der Waals surface area contributed by atoms with Crippen LogP contribution < -0.4 is 11.0 Å². The third kappa shape index (κ3) is 3.05. The fraction of sp³-hybridized carbons (Fsp3) is 0.333. The van der Waals surface area contributed by atoms with Gasteiger partial charge in [-0.1, -0.05) is 6.07 Å². The van der Waals surface area contributed by atoms with Gasteiger partial charge in [0.15, 0.2) is 0 Å². The second kappa shape index (κ2) is 5.57. The van der Waals surface area contributed by atoms with Gasteiger partial charge in [0.25, 0.3) is 0 Å². The Morgan fingerprint density at radius 2 is 2.10 bits per heavy atom. The quantitative estimate of drug-likeness (QED) is 0.669. The molecule has 2 unspecified atom stereocenters. The fourth-order valence-corrected chi connectivity index (χ4v) is 2.58. The molecule has 0 amide bonds. The summed E-state index contributed by atoms with van der Waals surface area (Å²) in [4.78, 5) is 16.8. The van der Waals surface area contributed by atoms with Gasteiger partial charge >= 0.3 is 5.69 Å². The van der Waals surface area contributed by atoms with Crippen molar-refractivity contribution in [3.63, 3.8) is 0 Å². The Bertz CT molecular complexity index is 771. The first-order valence-electron chi connectivity index (χ1n) is 7.07. The topological polar surface area (TPSA) is 78.5 Å². The second-order valence-electron chi connectivity index (χ2n) is 5.40. The first-order valence-corrected chi connectivity index (χ1v) is 7.07. The minimum Gasteiger partial charge on any atom is -0.306 e. The number of aromatic nitrogens is 4. The van der Waals surface area contributed by atoms with Crippen LogP contribution in [0.1, 0.15) is 25.5 Å². The Balaban J connectivity index is 1.70. The molecule has 0 spiro atoms. The van der Waals surface area contributed by atoms with E-state index in [0.717, 1.165) is 23.1 Å². The lowest BCUT2D eigenvalue weighted by atomic mass is 10.1. The molecule has 6 heteroatoms. The maximum atomic E-state index is 11.3. The molecule has 0 bridgehead atoms. The number of fused-ring (bicyclic) bond motifs is 1. The summed E-state index contributed by atoms with van der Waals surface area (Å²) in [5, 5.41) is 7.76. The second-order valence-corrected chi connectivity index (χ2v) is 5.40. The zero-order valence-corrected chi connectivity index (χ0v) is 12.1. The van der Waals surface area contributed by atoms with Crippen molar-refractivity contribution in [2.45, 2.75) is 32.5 Å². The summed E-state index contributed by atoms with van der Waals surface area (Å²) >= 11 is 0. The van der Waals surface area contributed by atoms with Gasteiger partial charge in [-0.3, -0.25) is 4.68 Å². The minimum absolute atomic E-state index is 0.171. The van der Waals surface area contributed by atoms with Gasteiger partial charge in [0, 0.05) is 24.5 Å². The van der Waals surface area contributed by atoms with E-state index >= 15 is 0 Å². The number of rotatable bonds is 5. The Kier molecular flexibility index (Phi) is 3.62. The number of imidazole rings is 1. The van der Waals surface area contributed by atoms with Crippen LogP contribution in [0.15, 0.2) is 41.5 Å². The summed E-state index contributed by atoms with van der Waals surface area (Å²) < 4.78 is 1.91. The van der Waals surface area contributed by atoms with E-state index in [1.165, 1.54) is 0 Å². The zero-order valence-electron chi connectivity index (χ0n) is 12.1. The van der Waals surface area contributed by atoms with Crippen molar-refractivity contribution in [2.75, 3.05) is 0 Å². The Hall–Kier alpha value is -2.34. The molecule has 0 radical (unpaired) electrons. The standard InChI is InChI=1S/C15H19N5O/c1-10(9-20-7-3-6-16-20)17-11(2)12-4-5-13-14(8-12)19-15(21)18-13/h3-8,10-11,17H,9H2,1-2H3,(H2,18,19,21). The van der Waals surface area contributed by atoms with E-state index in [0.29, 0.717) is 6.04 Å². The third-order valence-corrected chi connectivity index (χ3v) is 3.59. The largest absolute Gasteiger partial charge is 0.323 e. The van der Waals surface area contributed by atoms with Crippen LogP contribution in [0.5, 0.6) is 0 Å². The van der Waals surface area contributed by atoms with Crippen LogP contribution in [0.2, 0.25) is 0 Å². The van der Waals surface area contributed by atoms with Gasteiger partial charge < -0.3 is 15.3 Å². The normalized spacial score (nSPS) is 14.4. The highest BCUT2D eigenvalue weighted by atomic mass is 16.1. The minimum atomic E-state index is -0.171. The van der Waals surface area contributed by atoms with Crippen molar-refractivity contribution in [1.82, 2.24) is 25.1 Å². The number of nitrogens with one attached hydrogen (secondary N) is 3. The molecular weight excluding hydrogens is 266 g/mol. The first-order chi connectivity index (χ1) is 10.1. The van der Waals surface area contributed by atoms with E-state index < -0.39 is 0 Å². The van der Waals surface area contributed by atoms with Crippen molar-refractivity contribution in [1.29, 1.82) is 0 Å². The van der Waals surface area contributed by atoms with Crippen LogP contribution in [-0.4, -0.2) is 25.8 Å². The van der Waals surface area contributed by atoms with E-state index in [1.807, 2.05) is 35.1 Å². The van der Waals surface area contributed by atoms with Crippen molar-refractivity contribution < 1.29 is 0 Å². The van der Waals surface area contributed by atoms with Gasteiger partial charge in [0.2, 0.25) is 0 Å². The van der Waals surface area contributed by atoms with Gasteiger partial charge in [-0.15, -0.1) is 0 Å². The van der Waals surface area contributed by atoms with E-state index in [-0.39, 0.29) is 11.7 Å². The molecule has 2 heterocycles. The van der Waals surface area contributed by atoms with E-state index in [1.54, 1.807) is 6.20 Å². The lowest BCUT2D eigenvalue weighted by molar-refractivity contribution is 0.413. The molecule has 0 aliphatic heterocycles.